The Morgan fingerprint density at radius 2 is 2.21 bits per heavy atom. The van der Waals surface area contributed by atoms with Gasteiger partial charge in [0.1, 0.15) is 11.6 Å². The minimum absolute atomic E-state index is 0.0282. The maximum Gasteiger partial charge on any atom is 0.128 e. The molecule has 0 aliphatic rings. The van der Waals surface area contributed by atoms with Crippen LogP contribution in [0.1, 0.15) is 12.0 Å². The Morgan fingerprint density at radius 1 is 1.43 bits per heavy atom. The molecule has 0 fully saturated rings. The first kappa shape index (κ1) is 10.5. The molecule has 74 valence electrons. The van der Waals surface area contributed by atoms with Crippen molar-refractivity contribution < 1.29 is 14.2 Å². The molecular weight excluding hydrogens is 185 g/mol. The Hall–Kier alpha value is -1.60. The van der Waals surface area contributed by atoms with Gasteiger partial charge in [-0.3, -0.25) is 0 Å². The molecule has 0 radical (unpaired) electrons. The second kappa shape index (κ2) is 5.20. The van der Waals surface area contributed by atoms with Gasteiger partial charge in [-0.05, 0) is 12.1 Å². The van der Waals surface area contributed by atoms with E-state index in [1.807, 2.05) is 6.07 Å². The maximum atomic E-state index is 12.8. The Kier molecular flexibility index (Phi) is 3.89. The van der Waals surface area contributed by atoms with Crippen LogP contribution in [0.2, 0.25) is 0 Å². The van der Waals surface area contributed by atoms with Gasteiger partial charge in [0.25, 0.3) is 0 Å². The van der Waals surface area contributed by atoms with Crippen LogP contribution in [0.15, 0.2) is 18.2 Å². The highest BCUT2D eigenvalue weighted by molar-refractivity contribution is 5.36. The van der Waals surface area contributed by atoms with E-state index < -0.39 is 5.82 Å². The van der Waals surface area contributed by atoms with Gasteiger partial charge in [-0.2, -0.15) is 5.26 Å². The van der Waals surface area contributed by atoms with Gasteiger partial charge in [-0.25, -0.2) is 4.39 Å². The highest BCUT2D eigenvalue weighted by atomic mass is 19.1. The Balaban J connectivity index is 2.68. The van der Waals surface area contributed by atoms with E-state index >= 15 is 0 Å². The number of nitriles is 1. The van der Waals surface area contributed by atoms with Crippen LogP contribution in [-0.2, 0) is 0 Å². The van der Waals surface area contributed by atoms with Gasteiger partial charge in [-0.15, -0.1) is 0 Å². The Morgan fingerprint density at radius 3 is 2.86 bits per heavy atom. The fourth-order valence-corrected chi connectivity index (χ4v) is 0.965. The first-order chi connectivity index (χ1) is 6.76. The number of aliphatic hydroxyl groups is 1. The molecule has 1 aromatic carbocycles. The average Bonchev–Trinajstić information content (AvgIpc) is 2.17. The summed E-state index contributed by atoms with van der Waals surface area (Å²) < 4.78 is 18.0. The molecule has 0 saturated heterocycles. The van der Waals surface area contributed by atoms with Crippen molar-refractivity contribution in [1.29, 1.82) is 5.26 Å². The number of aliphatic hydroxyl groups excluding tert-OH is 1. The molecule has 0 saturated carbocycles. The third-order valence-corrected chi connectivity index (χ3v) is 1.57. The maximum absolute atomic E-state index is 12.8. The zero-order valence-corrected chi connectivity index (χ0v) is 7.53. The predicted molar refractivity (Wildman–Crippen MR) is 48.3 cm³/mol. The van der Waals surface area contributed by atoms with E-state index in [1.54, 1.807) is 0 Å². The summed E-state index contributed by atoms with van der Waals surface area (Å²) in [6.45, 7) is 0.339. The van der Waals surface area contributed by atoms with E-state index in [9.17, 15) is 4.39 Å². The van der Waals surface area contributed by atoms with Crippen molar-refractivity contribution in [2.45, 2.75) is 6.42 Å². The van der Waals surface area contributed by atoms with Crippen LogP contribution in [0, 0.1) is 17.1 Å². The summed E-state index contributed by atoms with van der Waals surface area (Å²) in [7, 11) is 0. The molecule has 0 atom stereocenters. The van der Waals surface area contributed by atoms with E-state index in [4.69, 9.17) is 15.1 Å². The lowest BCUT2D eigenvalue weighted by Gasteiger charge is -2.04. The standard InChI is InChI=1S/C10H10FNO2/c11-9-4-8(7-12)5-10(6-9)14-3-1-2-13/h4-6,13H,1-3H2. The number of hydrogen-bond acceptors (Lipinski definition) is 3. The average molecular weight is 195 g/mol. The number of benzene rings is 1. The molecule has 0 bridgehead atoms. The molecular formula is C10H10FNO2. The molecule has 1 rings (SSSR count). The van der Waals surface area contributed by atoms with Gasteiger partial charge in [0.05, 0.1) is 18.2 Å². The molecule has 0 amide bonds. The highest BCUT2D eigenvalue weighted by Gasteiger charge is 2.00. The van der Waals surface area contributed by atoms with Crippen molar-refractivity contribution in [3.8, 4) is 11.8 Å². The summed E-state index contributed by atoms with van der Waals surface area (Å²) in [5.74, 6) is -0.182. The molecule has 0 spiro atoms. The molecule has 1 aromatic rings. The van der Waals surface area contributed by atoms with Gasteiger partial charge in [-0.1, -0.05) is 0 Å². The molecule has 0 unspecified atom stereocenters. The van der Waals surface area contributed by atoms with Gasteiger partial charge >= 0.3 is 0 Å². The van der Waals surface area contributed by atoms with Crippen molar-refractivity contribution in [3.63, 3.8) is 0 Å². The minimum Gasteiger partial charge on any atom is -0.493 e. The lowest BCUT2D eigenvalue weighted by atomic mass is 10.2. The molecule has 1 N–H and O–H groups in total. The van der Waals surface area contributed by atoms with Crippen molar-refractivity contribution in [3.05, 3.63) is 29.6 Å². The minimum atomic E-state index is -0.497. The number of halogens is 1. The summed E-state index contributed by atoms with van der Waals surface area (Å²) in [6, 6.07) is 5.63. The lowest BCUT2D eigenvalue weighted by molar-refractivity contribution is 0.233. The predicted octanol–water partition coefficient (Wildman–Crippen LogP) is 1.46. The van der Waals surface area contributed by atoms with Crippen LogP contribution in [-0.4, -0.2) is 18.3 Å². The second-order valence-electron chi connectivity index (χ2n) is 2.71. The topological polar surface area (TPSA) is 53.2 Å². The summed E-state index contributed by atoms with van der Waals surface area (Å²) >= 11 is 0. The molecule has 0 aliphatic carbocycles. The zero-order valence-electron chi connectivity index (χ0n) is 7.53. The first-order valence-electron chi connectivity index (χ1n) is 4.20. The Bertz CT molecular complexity index is 346. The molecule has 0 aliphatic heterocycles. The van der Waals surface area contributed by atoms with Crippen molar-refractivity contribution >= 4 is 0 Å². The summed E-state index contributed by atoms with van der Waals surface area (Å²) in [6.07, 6.45) is 0.485. The van der Waals surface area contributed by atoms with Gasteiger partial charge in [0, 0.05) is 19.1 Å². The third-order valence-electron chi connectivity index (χ3n) is 1.57. The van der Waals surface area contributed by atoms with Crippen LogP contribution in [0.5, 0.6) is 5.75 Å². The monoisotopic (exact) mass is 195 g/mol. The molecule has 4 heteroatoms. The fourth-order valence-electron chi connectivity index (χ4n) is 0.965. The molecule has 0 aromatic heterocycles. The van der Waals surface area contributed by atoms with E-state index in [0.29, 0.717) is 18.8 Å². The summed E-state index contributed by atoms with van der Waals surface area (Å²) in [5, 5.41) is 17.0. The number of hydrogen-bond donors (Lipinski definition) is 1. The number of ether oxygens (including phenoxy) is 1. The lowest BCUT2D eigenvalue weighted by Crippen LogP contribution is -2.00. The zero-order chi connectivity index (χ0) is 10.4. The van der Waals surface area contributed by atoms with Crippen LogP contribution in [0.25, 0.3) is 0 Å². The molecule has 0 heterocycles. The molecule has 14 heavy (non-hydrogen) atoms. The van der Waals surface area contributed by atoms with Crippen molar-refractivity contribution in [2.75, 3.05) is 13.2 Å². The van der Waals surface area contributed by atoms with Gasteiger partial charge in [0.2, 0.25) is 0 Å². The van der Waals surface area contributed by atoms with E-state index in [0.717, 1.165) is 6.07 Å². The van der Waals surface area contributed by atoms with Crippen molar-refractivity contribution in [2.24, 2.45) is 0 Å². The summed E-state index contributed by atoms with van der Waals surface area (Å²) in [4.78, 5) is 0. The second-order valence-corrected chi connectivity index (χ2v) is 2.71. The summed E-state index contributed by atoms with van der Waals surface area (Å²) in [5.41, 5.74) is 0.226. The quantitative estimate of drug-likeness (QED) is 0.740. The van der Waals surface area contributed by atoms with E-state index in [1.165, 1.54) is 12.1 Å². The van der Waals surface area contributed by atoms with Gasteiger partial charge < -0.3 is 9.84 Å². The highest BCUT2D eigenvalue weighted by Crippen LogP contribution is 2.15. The first-order valence-corrected chi connectivity index (χ1v) is 4.20. The number of rotatable bonds is 4. The Labute approximate surface area is 81.4 Å². The van der Waals surface area contributed by atoms with E-state index in [-0.39, 0.29) is 12.2 Å². The van der Waals surface area contributed by atoms with E-state index in [2.05, 4.69) is 0 Å². The van der Waals surface area contributed by atoms with Crippen LogP contribution < -0.4 is 4.74 Å². The van der Waals surface area contributed by atoms with Gasteiger partial charge in [0.15, 0.2) is 0 Å². The van der Waals surface area contributed by atoms with Crippen LogP contribution in [0.3, 0.4) is 0 Å². The largest absolute Gasteiger partial charge is 0.493 e. The number of nitrogens with zero attached hydrogens (tertiary/aromatic N) is 1. The third kappa shape index (κ3) is 3.04. The smallest absolute Gasteiger partial charge is 0.128 e. The normalized spacial score (nSPS) is 9.50. The van der Waals surface area contributed by atoms with Crippen molar-refractivity contribution in [1.82, 2.24) is 0 Å². The van der Waals surface area contributed by atoms with Crippen LogP contribution in [0.4, 0.5) is 4.39 Å². The fraction of sp³-hybridized carbons (Fsp3) is 0.300. The SMILES string of the molecule is N#Cc1cc(F)cc(OCCCO)c1. The van der Waals surface area contributed by atoms with Crippen LogP contribution >= 0.6 is 0 Å². The molecule has 3 nitrogen and oxygen atoms in total.